The van der Waals surface area contributed by atoms with Crippen molar-refractivity contribution in [2.24, 2.45) is 5.10 Å². The predicted octanol–water partition coefficient (Wildman–Crippen LogP) is 3.84. The molecule has 0 saturated carbocycles. The summed E-state index contributed by atoms with van der Waals surface area (Å²) in [6.45, 7) is 3.99. The van der Waals surface area contributed by atoms with Crippen molar-refractivity contribution in [1.82, 2.24) is 5.43 Å². The molecule has 0 bridgehead atoms. The number of carbonyl (C=O) groups excluding carboxylic acids is 2. The van der Waals surface area contributed by atoms with Gasteiger partial charge in [-0.3, -0.25) is 9.59 Å². The molecule has 0 aliphatic heterocycles. The average Bonchev–Trinajstić information content (AvgIpc) is 2.66. The summed E-state index contributed by atoms with van der Waals surface area (Å²) in [7, 11) is 0. The number of anilines is 1. The van der Waals surface area contributed by atoms with Crippen molar-refractivity contribution in [3.8, 4) is 0 Å². The predicted molar refractivity (Wildman–Crippen MR) is 105 cm³/mol. The third-order valence-corrected chi connectivity index (χ3v) is 3.91. The number of hydrogen-bond acceptors (Lipinski definition) is 3. The van der Waals surface area contributed by atoms with Crippen molar-refractivity contribution in [1.29, 1.82) is 0 Å². The second kappa shape index (κ2) is 10.1. The van der Waals surface area contributed by atoms with Gasteiger partial charge in [0.1, 0.15) is 0 Å². The highest BCUT2D eigenvalue weighted by Gasteiger charge is 2.07. The highest BCUT2D eigenvalue weighted by molar-refractivity contribution is 5.93. The molecule has 136 valence electrons. The lowest BCUT2D eigenvalue weighted by Crippen LogP contribution is -2.22. The molecule has 2 rings (SSSR count). The summed E-state index contributed by atoms with van der Waals surface area (Å²) in [5.74, 6) is -0.448. The number of rotatable bonds is 8. The second-order valence-corrected chi connectivity index (χ2v) is 6.14. The normalized spacial score (nSPS) is 11.1. The largest absolute Gasteiger partial charge is 0.326 e. The standard InChI is InChI=1S/C21H25N3O2/c1-3-18(15-17-7-5-4-6-8-17)23-24-21(26)14-13-20(25)22-19-11-9-16(2)10-12-19/h4-12H,3,13-15H2,1-2H3,(H,22,25)(H,24,26)/b23-18+. The van der Waals surface area contributed by atoms with E-state index >= 15 is 0 Å². The summed E-state index contributed by atoms with van der Waals surface area (Å²) in [6.07, 6.45) is 1.67. The lowest BCUT2D eigenvalue weighted by molar-refractivity contribution is -0.124. The minimum Gasteiger partial charge on any atom is -0.326 e. The van der Waals surface area contributed by atoms with Gasteiger partial charge >= 0.3 is 0 Å². The van der Waals surface area contributed by atoms with Crippen LogP contribution in [0, 0.1) is 6.92 Å². The topological polar surface area (TPSA) is 70.6 Å². The molecule has 2 N–H and O–H groups in total. The Labute approximate surface area is 154 Å². The van der Waals surface area contributed by atoms with Gasteiger partial charge in [-0.1, -0.05) is 55.0 Å². The van der Waals surface area contributed by atoms with Gasteiger partial charge in [-0.2, -0.15) is 5.10 Å². The molecular weight excluding hydrogens is 326 g/mol. The van der Waals surface area contributed by atoms with Crippen LogP contribution in [-0.4, -0.2) is 17.5 Å². The molecule has 5 heteroatoms. The van der Waals surface area contributed by atoms with Gasteiger partial charge in [-0.25, -0.2) is 5.43 Å². The van der Waals surface area contributed by atoms with Crippen LogP contribution in [0.3, 0.4) is 0 Å². The molecule has 26 heavy (non-hydrogen) atoms. The molecule has 2 amide bonds. The number of aryl methyl sites for hydroxylation is 1. The van der Waals surface area contributed by atoms with E-state index in [-0.39, 0.29) is 24.7 Å². The Morgan fingerprint density at radius 3 is 2.23 bits per heavy atom. The molecule has 0 spiro atoms. The van der Waals surface area contributed by atoms with E-state index in [9.17, 15) is 9.59 Å². The Hall–Kier alpha value is -2.95. The molecule has 0 heterocycles. The highest BCUT2D eigenvalue weighted by atomic mass is 16.2. The number of hydrogen-bond donors (Lipinski definition) is 2. The van der Waals surface area contributed by atoms with Crippen LogP contribution < -0.4 is 10.7 Å². The lowest BCUT2D eigenvalue weighted by Gasteiger charge is -2.07. The zero-order valence-electron chi connectivity index (χ0n) is 15.3. The molecule has 0 unspecified atom stereocenters. The minimum absolute atomic E-state index is 0.101. The fraction of sp³-hybridized carbons (Fsp3) is 0.286. The summed E-state index contributed by atoms with van der Waals surface area (Å²) in [5.41, 5.74) is 6.46. The molecule has 0 aliphatic carbocycles. The number of amides is 2. The third kappa shape index (κ3) is 6.89. The first-order chi connectivity index (χ1) is 12.6. The summed E-state index contributed by atoms with van der Waals surface area (Å²) < 4.78 is 0. The first-order valence-electron chi connectivity index (χ1n) is 8.81. The second-order valence-electron chi connectivity index (χ2n) is 6.14. The summed E-state index contributed by atoms with van der Waals surface area (Å²) in [5, 5.41) is 6.97. The first kappa shape index (κ1) is 19.4. The fourth-order valence-electron chi connectivity index (χ4n) is 2.36. The summed E-state index contributed by atoms with van der Waals surface area (Å²) in [6, 6.07) is 17.5. The molecule has 0 fully saturated rings. The Bertz CT molecular complexity index is 753. The molecule has 2 aromatic carbocycles. The molecule has 0 aromatic heterocycles. The third-order valence-electron chi connectivity index (χ3n) is 3.91. The number of hydrazone groups is 1. The van der Waals surface area contributed by atoms with Gasteiger partial charge in [-0.15, -0.1) is 0 Å². The maximum atomic E-state index is 11.9. The Kier molecular flexibility index (Phi) is 7.55. The van der Waals surface area contributed by atoms with E-state index in [1.54, 1.807) is 0 Å². The maximum absolute atomic E-state index is 11.9. The van der Waals surface area contributed by atoms with Crippen LogP contribution in [-0.2, 0) is 16.0 Å². The monoisotopic (exact) mass is 351 g/mol. The van der Waals surface area contributed by atoms with Gasteiger partial charge in [0.2, 0.25) is 11.8 Å². The van der Waals surface area contributed by atoms with E-state index in [4.69, 9.17) is 0 Å². The number of carbonyl (C=O) groups is 2. The van der Waals surface area contributed by atoms with Gasteiger partial charge < -0.3 is 5.32 Å². The maximum Gasteiger partial charge on any atom is 0.240 e. The molecule has 0 atom stereocenters. The van der Waals surface area contributed by atoms with Gasteiger partial charge in [0, 0.05) is 30.7 Å². The van der Waals surface area contributed by atoms with E-state index < -0.39 is 0 Å². The smallest absolute Gasteiger partial charge is 0.240 e. The van der Waals surface area contributed by atoms with Crippen LogP contribution in [0.5, 0.6) is 0 Å². The van der Waals surface area contributed by atoms with Crippen LogP contribution >= 0.6 is 0 Å². The van der Waals surface area contributed by atoms with Crippen molar-refractivity contribution < 1.29 is 9.59 Å². The molecule has 2 aromatic rings. The molecule has 5 nitrogen and oxygen atoms in total. The molecule has 0 radical (unpaired) electrons. The van der Waals surface area contributed by atoms with Crippen LogP contribution in [0.15, 0.2) is 59.7 Å². The van der Waals surface area contributed by atoms with Gasteiger partial charge in [0.15, 0.2) is 0 Å². The van der Waals surface area contributed by atoms with Crippen LogP contribution in [0.25, 0.3) is 0 Å². The number of nitrogens with zero attached hydrogens (tertiary/aromatic N) is 1. The van der Waals surface area contributed by atoms with E-state index in [1.807, 2.05) is 68.4 Å². The quantitative estimate of drug-likeness (QED) is 0.560. The van der Waals surface area contributed by atoms with Gasteiger partial charge in [0.25, 0.3) is 0 Å². The van der Waals surface area contributed by atoms with Crippen LogP contribution in [0.2, 0.25) is 0 Å². The van der Waals surface area contributed by atoms with E-state index in [2.05, 4.69) is 15.8 Å². The SMILES string of the molecule is CC/C(Cc1ccccc1)=N\NC(=O)CCC(=O)Nc1ccc(C)cc1. The zero-order valence-corrected chi connectivity index (χ0v) is 15.3. The van der Waals surface area contributed by atoms with E-state index in [1.165, 1.54) is 0 Å². The van der Waals surface area contributed by atoms with Crippen molar-refractivity contribution in [3.05, 3.63) is 65.7 Å². The number of benzene rings is 2. The van der Waals surface area contributed by atoms with Crippen molar-refractivity contribution in [2.45, 2.75) is 39.5 Å². The Balaban J connectivity index is 1.76. The molecule has 0 aliphatic rings. The van der Waals surface area contributed by atoms with Crippen LogP contribution in [0.1, 0.15) is 37.3 Å². The highest BCUT2D eigenvalue weighted by Crippen LogP contribution is 2.09. The number of nitrogens with one attached hydrogen (secondary N) is 2. The fourth-order valence-corrected chi connectivity index (χ4v) is 2.36. The average molecular weight is 351 g/mol. The lowest BCUT2D eigenvalue weighted by atomic mass is 10.1. The van der Waals surface area contributed by atoms with Crippen molar-refractivity contribution in [2.75, 3.05) is 5.32 Å². The Morgan fingerprint density at radius 1 is 0.923 bits per heavy atom. The summed E-state index contributed by atoms with van der Waals surface area (Å²) >= 11 is 0. The summed E-state index contributed by atoms with van der Waals surface area (Å²) in [4.78, 5) is 23.8. The van der Waals surface area contributed by atoms with Crippen molar-refractivity contribution >= 4 is 23.2 Å². The zero-order chi connectivity index (χ0) is 18.8. The minimum atomic E-state index is -0.261. The van der Waals surface area contributed by atoms with Crippen molar-refractivity contribution in [3.63, 3.8) is 0 Å². The van der Waals surface area contributed by atoms with Gasteiger partial charge in [-0.05, 0) is 31.0 Å². The first-order valence-corrected chi connectivity index (χ1v) is 8.81. The van der Waals surface area contributed by atoms with Gasteiger partial charge in [0.05, 0.1) is 0 Å². The van der Waals surface area contributed by atoms with E-state index in [0.717, 1.165) is 28.9 Å². The van der Waals surface area contributed by atoms with Crippen LogP contribution in [0.4, 0.5) is 5.69 Å². The Morgan fingerprint density at radius 2 is 1.58 bits per heavy atom. The molecule has 0 saturated heterocycles. The van der Waals surface area contributed by atoms with E-state index in [0.29, 0.717) is 6.42 Å². The molecular formula is C21H25N3O2.